The van der Waals surface area contributed by atoms with Crippen molar-refractivity contribution < 1.29 is 14.1 Å². The fourth-order valence-electron chi connectivity index (χ4n) is 3.74. The Morgan fingerprint density at radius 2 is 1.71 bits per heavy atom. The minimum atomic E-state index is -0.0548. The SMILES string of the molecule is Cc1noc(C)c1CC(=O)N1CCN(C(=O)NCCCc2ccc(N(C)C)cc2)CC1. The highest BCUT2D eigenvalue weighted by Gasteiger charge is 2.25. The monoisotopic (exact) mass is 427 g/mol. The van der Waals surface area contributed by atoms with Crippen molar-refractivity contribution in [2.24, 2.45) is 0 Å². The van der Waals surface area contributed by atoms with Gasteiger partial charge in [0.05, 0.1) is 12.1 Å². The van der Waals surface area contributed by atoms with Gasteiger partial charge in [0, 0.05) is 58.1 Å². The Balaban J connectivity index is 1.35. The third-order valence-electron chi connectivity index (χ3n) is 5.80. The van der Waals surface area contributed by atoms with Crippen LogP contribution in [0.3, 0.4) is 0 Å². The smallest absolute Gasteiger partial charge is 0.317 e. The van der Waals surface area contributed by atoms with Gasteiger partial charge < -0.3 is 24.5 Å². The lowest BCUT2D eigenvalue weighted by molar-refractivity contribution is -0.131. The van der Waals surface area contributed by atoms with Gasteiger partial charge in [-0.25, -0.2) is 4.79 Å². The number of nitrogens with one attached hydrogen (secondary N) is 1. The quantitative estimate of drug-likeness (QED) is 0.686. The Morgan fingerprint density at radius 3 is 2.29 bits per heavy atom. The van der Waals surface area contributed by atoms with Gasteiger partial charge >= 0.3 is 6.03 Å². The highest BCUT2D eigenvalue weighted by molar-refractivity contribution is 5.80. The molecule has 1 saturated heterocycles. The van der Waals surface area contributed by atoms with Gasteiger partial charge in [0.25, 0.3) is 0 Å². The van der Waals surface area contributed by atoms with E-state index in [0.29, 0.717) is 44.9 Å². The summed E-state index contributed by atoms with van der Waals surface area (Å²) in [5, 5.41) is 6.91. The molecule has 1 aromatic carbocycles. The van der Waals surface area contributed by atoms with Crippen LogP contribution in [0, 0.1) is 13.8 Å². The summed E-state index contributed by atoms with van der Waals surface area (Å²) >= 11 is 0. The Morgan fingerprint density at radius 1 is 1.06 bits per heavy atom. The van der Waals surface area contributed by atoms with E-state index in [4.69, 9.17) is 4.52 Å². The number of hydrogen-bond acceptors (Lipinski definition) is 5. The highest BCUT2D eigenvalue weighted by atomic mass is 16.5. The van der Waals surface area contributed by atoms with Crippen LogP contribution in [0.25, 0.3) is 0 Å². The Labute approximate surface area is 184 Å². The number of hydrogen-bond donors (Lipinski definition) is 1. The van der Waals surface area contributed by atoms with Gasteiger partial charge in [0.1, 0.15) is 5.76 Å². The average molecular weight is 428 g/mol. The van der Waals surface area contributed by atoms with Crippen LogP contribution in [0.4, 0.5) is 10.5 Å². The third-order valence-corrected chi connectivity index (χ3v) is 5.80. The van der Waals surface area contributed by atoms with Gasteiger partial charge in [-0.05, 0) is 44.4 Å². The molecular formula is C23H33N5O3. The second-order valence-electron chi connectivity index (χ2n) is 8.24. The van der Waals surface area contributed by atoms with E-state index >= 15 is 0 Å². The minimum absolute atomic E-state index is 0.0507. The largest absolute Gasteiger partial charge is 0.378 e. The lowest BCUT2D eigenvalue weighted by Crippen LogP contribution is -2.53. The number of nitrogens with zero attached hydrogens (tertiary/aromatic N) is 4. The molecule has 2 heterocycles. The molecule has 168 valence electrons. The first kappa shape index (κ1) is 22.7. The molecule has 1 N–H and O–H groups in total. The molecule has 8 nitrogen and oxygen atoms in total. The second kappa shape index (κ2) is 10.3. The molecule has 0 aliphatic carbocycles. The number of piperazine rings is 1. The van der Waals surface area contributed by atoms with Gasteiger partial charge in [-0.15, -0.1) is 0 Å². The summed E-state index contributed by atoms with van der Waals surface area (Å²) in [6.07, 6.45) is 2.11. The van der Waals surface area contributed by atoms with Crippen molar-refractivity contribution >= 4 is 17.6 Å². The van der Waals surface area contributed by atoms with Gasteiger partial charge in [0.2, 0.25) is 5.91 Å². The summed E-state index contributed by atoms with van der Waals surface area (Å²) in [7, 11) is 4.05. The molecule has 0 saturated carbocycles. The summed E-state index contributed by atoms with van der Waals surface area (Å²) < 4.78 is 5.14. The Hall–Kier alpha value is -3.03. The molecule has 0 spiro atoms. The van der Waals surface area contributed by atoms with E-state index in [9.17, 15) is 9.59 Å². The van der Waals surface area contributed by atoms with Gasteiger partial charge in [0.15, 0.2) is 0 Å². The van der Waals surface area contributed by atoms with Crippen LogP contribution in [-0.4, -0.2) is 73.7 Å². The molecule has 1 aromatic heterocycles. The summed E-state index contributed by atoms with van der Waals surface area (Å²) in [5.41, 5.74) is 4.07. The van der Waals surface area contributed by atoms with Crippen molar-refractivity contribution in [3.8, 4) is 0 Å². The molecule has 2 aromatic rings. The Kier molecular flexibility index (Phi) is 7.55. The van der Waals surface area contributed by atoms with Crippen LogP contribution in [0.15, 0.2) is 28.8 Å². The van der Waals surface area contributed by atoms with Gasteiger partial charge in [-0.3, -0.25) is 4.79 Å². The number of aryl methyl sites for hydroxylation is 3. The molecule has 1 aliphatic rings. The van der Waals surface area contributed by atoms with Crippen molar-refractivity contribution in [1.82, 2.24) is 20.3 Å². The Bertz CT molecular complexity index is 864. The maximum atomic E-state index is 12.6. The molecule has 1 aliphatic heterocycles. The lowest BCUT2D eigenvalue weighted by Gasteiger charge is -2.34. The van der Waals surface area contributed by atoms with Crippen LogP contribution in [0.2, 0.25) is 0 Å². The molecule has 8 heteroatoms. The zero-order valence-corrected chi connectivity index (χ0v) is 19.0. The maximum Gasteiger partial charge on any atom is 0.317 e. The predicted octanol–water partition coefficient (Wildman–Crippen LogP) is 2.39. The highest BCUT2D eigenvalue weighted by Crippen LogP contribution is 2.15. The van der Waals surface area contributed by atoms with E-state index in [1.165, 1.54) is 11.3 Å². The summed E-state index contributed by atoms with van der Waals surface area (Å²) in [4.78, 5) is 30.7. The topological polar surface area (TPSA) is 81.9 Å². The van der Waals surface area contributed by atoms with E-state index in [1.54, 1.807) is 4.90 Å². The number of anilines is 1. The average Bonchev–Trinajstić information content (AvgIpc) is 3.09. The van der Waals surface area contributed by atoms with E-state index in [-0.39, 0.29) is 11.9 Å². The fourth-order valence-corrected chi connectivity index (χ4v) is 3.74. The molecule has 0 atom stereocenters. The zero-order valence-electron chi connectivity index (χ0n) is 19.0. The standard InChI is InChI=1S/C23H33N5O3/c1-17-21(18(2)31-25-17)16-22(29)27-12-14-28(15-13-27)23(30)24-11-5-6-19-7-9-20(10-8-19)26(3)4/h7-10H,5-6,11-16H2,1-4H3,(H,24,30). The summed E-state index contributed by atoms with van der Waals surface area (Å²) in [6, 6.07) is 8.44. The number of carbonyl (C=O) groups excluding carboxylic acids is 2. The van der Waals surface area contributed by atoms with Gasteiger partial charge in [-0.1, -0.05) is 17.3 Å². The van der Waals surface area contributed by atoms with Crippen molar-refractivity contribution in [2.45, 2.75) is 33.1 Å². The van der Waals surface area contributed by atoms with Crippen LogP contribution < -0.4 is 10.2 Å². The zero-order chi connectivity index (χ0) is 22.4. The van der Waals surface area contributed by atoms with E-state index in [2.05, 4.69) is 39.6 Å². The number of urea groups is 1. The van der Waals surface area contributed by atoms with Crippen molar-refractivity contribution in [3.63, 3.8) is 0 Å². The summed E-state index contributed by atoms with van der Waals surface area (Å²) in [6.45, 7) is 6.50. The van der Waals surface area contributed by atoms with E-state index in [1.807, 2.05) is 32.8 Å². The number of carbonyl (C=O) groups is 2. The second-order valence-corrected chi connectivity index (χ2v) is 8.24. The van der Waals surface area contributed by atoms with Crippen LogP contribution in [-0.2, 0) is 17.6 Å². The number of benzene rings is 1. The first-order chi connectivity index (χ1) is 14.8. The molecule has 3 amide bonds. The first-order valence-corrected chi connectivity index (χ1v) is 10.8. The molecule has 0 radical (unpaired) electrons. The van der Waals surface area contributed by atoms with Gasteiger partial charge in [-0.2, -0.15) is 0 Å². The van der Waals surface area contributed by atoms with Crippen molar-refractivity contribution in [2.75, 3.05) is 51.7 Å². The summed E-state index contributed by atoms with van der Waals surface area (Å²) in [5.74, 6) is 0.743. The fraction of sp³-hybridized carbons (Fsp3) is 0.522. The van der Waals surface area contributed by atoms with E-state index < -0.39 is 0 Å². The molecular weight excluding hydrogens is 394 g/mol. The molecule has 31 heavy (non-hydrogen) atoms. The third kappa shape index (κ3) is 5.99. The van der Waals surface area contributed by atoms with Crippen molar-refractivity contribution in [1.29, 1.82) is 0 Å². The minimum Gasteiger partial charge on any atom is -0.378 e. The lowest BCUT2D eigenvalue weighted by atomic mass is 10.1. The molecule has 0 unspecified atom stereocenters. The number of aromatic nitrogens is 1. The van der Waals surface area contributed by atoms with Crippen LogP contribution in [0.5, 0.6) is 0 Å². The number of amides is 3. The van der Waals surface area contributed by atoms with Crippen LogP contribution >= 0.6 is 0 Å². The predicted molar refractivity (Wildman–Crippen MR) is 120 cm³/mol. The normalized spacial score (nSPS) is 13.9. The first-order valence-electron chi connectivity index (χ1n) is 10.8. The van der Waals surface area contributed by atoms with E-state index in [0.717, 1.165) is 24.1 Å². The molecule has 1 fully saturated rings. The van der Waals surface area contributed by atoms with Crippen molar-refractivity contribution in [3.05, 3.63) is 46.8 Å². The number of rotatable bonds is 7. The molecule has 3 rings (SSSR count). The molecule has 0 bridgehead atoms. The van der Waals surface area contributed by atoms with Crippen LogP contribution in [0.1, 0.15) is 29.0 Å². The maximum absolute atomic E-state index is 12.6.